The van der Waals surface area contributed by atoms with Crippen LogP contribution >= 0.6 is 11.6 Å². The van der Waals surface area contributed by atoms with Crippen molar-refractivity contribution < 1.29 is 22.7 Å². The number of sulfonamides is 1. The predicted octanol–water partition coefficient (Wildman–Crippen LogP) is 2.76. The highest BCUT2D eigenvalue weighted by Gasteiger charge is 2.23. The molecule has 9 heteroatoms. The van der Waals surface area contributed by atoms with Gasteiger partial charge in [0, 0.05) is 17.8 Å². The molecule has 0 aliphatic heterocycles. The molecule has 2 aromatic rings. The summed E-state index contributed by atoms with van der Waals surface area (Å²) in [5, 5.41) is 3.05. The minimum atomic E-state index is -3.83. The van der Waals surface area contributed by atoms with E-state index >= 15 is 0 Å². The molecule has 1 N–H and O–H groups in total. The number of carbonyl (C=O) groups is 2. The molecule has 0 saturated carbocycles. The van der Waals surface area contributed by atoms with Crippen LogP contribution in [-0.2, 0) is 24.3 Å². The Morgan fingerprint density at radius 1 is 1.11 bits per heavy atom. The molecule has 0 unspecified atom stereocenters. The molecule has 0 heterocycles. The van der Waals surface area contributed by atoms with E-state index in [9.17, 15) is 18.0 Å². The smallest absolute Gasteiger partial charge is 0.321 e. The topological polar surface area (TPSA) is 92.8 Å². The Kier molecular flexibility index (Phi) is 7.17. The molecule has 2 rings (SSSR count). The second kappa shape index (κ2) is 9.18. The lowest BCUT2D eigenvalue weighted by atomic mass is 10.2. The molecular weight excluding hydrogens is 404 g/mol. The second-order valence-corrected chi connectivity index (χ2v) is 8.70. The number of nitrogens with zero attached hydrogens (tertiary/aromatic N) is 1. The summed E-state index contributed by atoms with van der Waals surface area (Å²) < 4.78 is 30.6. The molecule has 0 aromatic heterocycles. The van der Waals surface area contributed by atoms with E-state index in [1.807, 2.05) is 13.8 Å². The molecule has 0 saturated heterocycles. The van der Waals surface area contributed by atoms with Crippen molar-refractivity contribution in [3.63, 3.8) is 0 Å². The summed E-state index contributed by atoms with van der Waals surface area (Å²) in [6.45, 7) is 2.62. The Labute approximate surface area is 169 Å². The number of anilines is 1. The molecule has 0 radical (unpaired) electrons. The molecule has 7 nitrogen and oxygen atoms in total. The van der Waals surface area contributed by atoms with E-state index in [0.29, 0.717) is 10.7 Å². The van der Waals surface area contributed by atoms with Crippen molar-refractivity contribution in [2.24, 2.45) is 0 Å². The largest absolute Gasteiger partial charge is 0.455 e. The molecule has 0 aliphatic carbocycles. The van der Waals surface area contributed by atoms with Crippen molar-refractivity contribution in [3.8, 4) is 0 Å². The van der Waals surface area contributed by atoms with E-state index in [2.05, 4.69) is 5.32 Å². The maximum absolute atomic E-state index is 12.4. The zero-order valence-electron chi connectivity index (χ0n) is 15.7. The zero-order chi connectivity index (χ0) is 20.9. The molecule has 0 aliphatic rings. The molecule has 0 atom stereocenters. The van der Waals surface area contributed by atoms with Gasteiger partial charge in [0.25, 0.3) is 5.91 Å². The van der Waals surface area contributed by atoms with Crippen LogP contribution < -0.4 is 5.32 Å². The molecule has 0 bridgehead atoms. The van der Waals surface area contributed by atoms with Crippen molar-refractivity contribution in [2.45, 2.75) is 18.7 Å². The van der Waals surface area contributed by atoms with Gasteiger partial charge in [-0.3, -0.25) is 9.59 Å². The van der Waals surface area contributed by atoms with Crippen LogP contribution in [0.5, 0.6) is 0 Å². The summed E-state index contributed by atoms with van der Waals surface area (Å²) in [5.74, 6) is -1.40. The summed E-state index contributed by atoms with van der Waals surface area (Å²) >= 11 is 5.98. The fraction of sp³-hybridized carbons (Fsp3) is 0.263. The lowest BCUT2D eigenvalue weighted by molar-refractivity contribution is -0.147. The third kappa shape index (κ3) is 5.79. The van der Waals surface area contributed by atoms with Gasteiger partial charge in [-0.25, -0.2) is 8.42 Å². The average Bonchev–Trinajstić information content (AvgIpc) is 2.63. The number of hydrogen-bond acceptors (Lipinski definition) is 5. The highest BCUT2D eigenvalue weighted by Crippen LogP contribution is 2.20. The number of benzene rings is 2. The fourth-order valence-electron chi connectivity index (χ4n) is 2.22. The number of hydrogen-bond donors (Lipinski definition) is 1. The minimum absolute atomic E-state index is 0.0717. The summed E-state index contributed by atoms with van der Waals surface area (Å²) in [6.07, 6.45) is 0. The number of aryl methyl sites for hydroxylation is 2. The Bertz CT molecular complexity index is 974. The Morgan fingerprint density at radius 3 is 2.36 bits per heavy atom. The zero-order valence-corrected chi connectivity index (χ0v) is 17.3. The Morgan fingerprint density at radius 2 is 1.75 bits per heavy atom. The maximum Gasteiger partial charge on any atom is 0.321 e. The van der Waals surface area contributed by atoms with Crippen molar-refractivity contribution in [3.05, 3.63) is 58.6 Å². The van der Waals surface area contributed by atoms with Gasteiger partial charge in [-0.2, -0.15) is 4.31 Å². The van der Waals surface area contributed by atoms with Gasteiger partial charge < -0.3 is 10.1 Å². The van der Waals surface area contributed by atoms with Crippen LogP contribution in [0.2, 0.25) is 5.02 Å². The number of carbonyl (C=O) groups excluding carboxylic acids is 2. The van der Waals surface area contributed by atoms with Crippen LogP contribution in [0.3, 0.4) is 0 Å². The number of likely N-dealkylation sites (N-methyl/N-ethyl adjacent to an activating group) is 1. The van der Waals surface area contributed by atoms with Crippen LogP contribution in [0.15, 0.2) is 47.4 Å². The van der Waals surface area contributed by atoms with Gasteiger partial charge in [0.1, 0.15) is 6.54 Å². The first-order valence-electron chi connectivity index (χ1n) is 8.34. The van der Waals surface area contributed by atoms with Gasteiger partial charge in [0.2, 0.25) is 10.0 Å². The van der Waals surface area contributed by atoms with Gasteiger partial charge >= 0.3 is 5.97 Å². The fourth-order valence-corrected chi connectivity index (χ4v) is 3.51. The number of amides is 1. The lowest BCUT2D eigenvalue weighted by Crippen LogP contribution is -2.34. The van der Waals surface area contributed by atoms with E-state index in [1.54, 1.807) is 30.3 Å². The summed E-state index contributed by atoms with van der Waals surface area (Å²) in [6, 6.07) is 11.3. The predicted molar refractivity (Wildman–Crippen MR) is 107 cm³/mol. The number of ether oxygens (including phenoxy) is 1. The average molecular weight is 425 g/mol. The molecular formula is C19H21ClN2O5S. The van der Waals surface area contributed by atoms with Gasteiger partial charge in [-0.1, -0.05) is 35.4 Å². The van der Waals surface area contributed by atoms with Gasteiger partial charge in [-0.05, 0) is 43.7 Å². The van der Waals surface area contributed by atoms with E-state index in [-0.39, 0.29) is 4.90 Å². The van der Waals surface area contributed by atoms with E-state index in [4.69, 9.17) is 16.3 Å². The van der Waals surface area contributed by atoms with Crippen LogP contribution in [0, 0.1) is 13.8 Å². The van der Waals surface area contributed by atoms with Crippen LogP contribution in [-0.4, -0.2) is 44.8 Å². The number of halogens is 1. The van der Waals surface area contributed by atoms with Crippen molar-refractivity contribution in [2.75, 3.05) is 25.5 Å². The Balaban J connectivity index is 1.88. The summed E-state index contributed by atoms with van der Waals surface area (Å²) in [7, 11) is -2.56. The van der Waals surface area contributed by atoms with E-state index in [0.717, 1.165) is 15.4 Å². The number of rotatable bonds is 7. The highest BCUT2D eigenvalue weighted by molar-refractivity contribution is 7.89. The van der Waals surface area contributed by atoms with Crippen molar-refractivity contribution >= 4 is 39.2 Å². The molecule has 0 fully saturated rings. The maximum atomic E-state index is 12.4. The van der Waals surface area contributed by atoms with Crippen molar-refractivity contribution in [1.82, 2.24) is 4.31 Å². The molecule has 2 aromatic carbocycles. The van der Waals surface area contributed by atoms with Gasteiger partial charge in [-0.15, -0.1) is 0 Å². The first-order chi connectivity index (χ1) is 13.1. The Hall–Kier alpha value is -2.42. The van der Waals surface area contributed by atoms with Gasteiger partial charge in [0.15, 0.2) is 6.61 Å². The third-order valence-electron chi connectivity index (χ3n) is 3.90. The highest BCUT2D eigenvalue weighted by atomic mass is 35.5. The quantitative estimate of drug-likeness (QED) is 0.690. The molecule has 1 amide bonds. The first-order valence-corrected chi connectivity index (χ1v) is 10.2. The third-order valence-corrected chi connectivity index (χ3v) is 6.13. The summed E-state index contributed by atoms with van der Waals surface area (Å²) in [4.78, 5) is 23.9. The SMILES string of the molecule is Cc1ccc(S(=O)(=O)N(C)CC(=O)OCC(=O)Nc2ccc(C)c(Cl)c2)cc1. The van der Waals surface area contributed by atoms with E-state index < -0.39 is 35.1 Å². The van der Waals surface area contributed by atoms with E-state index in [1.165, 1.54) is 19.2 Å². The lowest BCUT2D eigenvalue weighted by Gasteiger charge is -2.16. The minimum Gasteiger partial charge on any atom is -0.455 e. The van der Waals surface area contributed by atoms with Crippen LogP contribution in [0.25, 0.3) is 0 Å². The van der Waals surface area contributed by atoms with Crippen molar-refractivity contribution in [1.29, 1.82) is 0 Å². The monoisotopic (exact) mass is 424 g/mol. The molecule has 0 spiro atoms. The van der Waals surface area contributed by atoms with Crippen LogP contribution in [0.1, 0.15) is 11.1 Å². The standard InChI is InChI=1S/C19H21ClN2O5S/c1-13-4-8-16(9-5-13)28(25,26)22(3)11-19(24)27-12-18(23)21-15-7-6-14(2)17(20)10-15/h4-10H,11-12H2,1-3H3,(H,21,23). The summed E-state index contributed by atoms with van der Waals surface area (Å²) in [5.41, 5.74) is 2.25. The first kappa shape index (κ1) is 21.9. The number of esters is 1. The van der Waals surface area contributed by atoms with Gasteiger partial charge in [0.05, 0.1) is 4.90 Å². The number of nitrogens with one attached hydrogen (secondary N) is 1. The molecule has 28 heavy (non-hydrogen) atoms. The normalized spacial score (nSPS) is 11.3. The molecule has 150 valence electrons. The van der Waals surface area contributed by atoms with Crippen LogP contribution in [0.4, 0.5) is 5.69 Å². The second-order valence-electron chi connectivity index (χ2n) is 6.25.